The molecule has 1 aliphatic carbocycles. The molecule has 0 bridgehead atoms. The van der Waals surface area contributed by atoms with Gasteiger partial charge >= 0.3 is 0 Å². The molecule has 4 rings (SSSR count). The number of para-hydroxylation sites is 1. The van der Waals surface area contributed by atoms with Gasteiger partial charge in [-0.15, -0.1) is 0 Å². The largest absolute Gasteiger partial charge is 0.377 e. The number of benzene rings is 2. The molecule has 4 nitrogen and oxygen atoms in total. The van der Waals surface area contributed by atoms with Crippen LogP contribution < -0.4 is 5.32 Å². The number of rotatable bonds is 3. The Hall–Kier alpha value is -2.62. The molecule has 3 atom stereocenters. The van der Waals surface area contributed by atoms with Gasteiger partial charge < -0.3 is 5.32 Å². The first-order chi connectivity index (χ1) is 12.1. The van der Waals surface area contributed by atoms with E-state index in [0.29, 0.717) is 17.8 Å². The van der Waals surface area contributed by atoms with Gasteiger partial charge in [-0.1, -0.05) is 56.3 Å². The molecule has 0 fully saturated rings. The fourth-order valence-electron chi connectivity index (χ4n) is 4.29. The van der Waals surface area contributed by atoms with Gasteiger partial charge in [0.2, 0.25) is 0 Å². The zero-order chi connectivity index (χ0) is 17.6. The third-order valence-corrected chi connectivity index (χ3v) is 5.49. The number of anilines is 1. The molecule has 2 aromatic rings. The number of allylic oxidation sites excluding steroid dienone is 2. The number of fused-ring (bicyclic) bond motifs is 3. The van der Waals surface area contributed by atoms with E-state index in [9.17, 15) is 10.1 Å². The average Bonchev–Trinajstić information content (AvgIpc) is 3.10. The summed E-state index contributed by atoms with van der Waals surface area (Å²) in [6.07, 6.45) is 5.55. The maximum Gasteiger partial charge on any atom is 0.269 e. The van der Waals surface area contributed by atoms with Crippen molar-refractivity contribution in [1.29, 1.82) is 0 Å². The number of nitro benzene ring substituents is 1. The molecule has 128 valence electrons. The molecule has 0 saturated heterocycles. The summed E-state index contributed by atoms with van der Waals surface area (Å²) in [5.74, 6) is 1.20. The number of nitrogens with zero attached hydrogens (tertiary/aromatic N) is 1. The molecule has 0 spiro atoms. The van der Waals surface area contributed by atoms with E-state index in [1.807, 2.05) is 6.07 Å². The van der Waals surface area contributed by atoms with Crippen LogP contribution in [0.5, 0.6) is 0 Å². The Labute approximate surface area is 147 Å². The van der Waals surface area contributed by atoms with Crippen LogP contribution >= 0.6 is 0 Å². The van der Waals surface area contributed by atoms with Crippen molar-refractivity contribution in [2.75, 3.05) is 5.32 Å². The van der Waals surface area contributed by atoms with Crippen molar-refractivity contribution >= 4 is 11.4 Å². The van der Waals surface area contributed by atoms with Crippen LogP contribution in [0.3, 0.4) is 0 Å². The van der Waals surface area contributed by atoms with Crippen LogP contribution in [-0.4, -0.2) is 4.92 Å². The van der Waals surface area contributed by atoms with Gasteiger partial charge in [0.05, 0.1) is 11.0 Å². The normalized spacial score (nSPS) is 23.9. The number of hydrogen-bond donors (Lipinski definition) is 1. The fraction of sp³-hybridized carbons (Fsp3) is 0.333. The fourth-order valence-corrected chi connectivity index (χ4v) is 4.29. The third-order valence-electron chi connectivity index (χ3n) is 5.49. The minimum atomic E-state index is -0.315. The van der Waals surface area contributed by atoms with E-state index >= 15 is 0 Å². The molecule has 2 aromatic carbocycles. The summed E-state index contributed by atoms with van der Waals surface area (Å²) < 4.78 is 0. The first-order valence-electron chi connectivity index (χ1n) is 8.86. The second kappa shape index (κ2) is 6.03. The molecule has 0 unspecified atom stereocenters. The number of nitro groups is 1. The van der Waals surface area contributed by atoms with Crippen LogP contribution in [0.4, 0.5) is 11.4 Å². The van der Waals surface area contributed by atoms with Crippen molar-refractivity contribution in [2.24, 2.45) is 5.92 Å². The van der Waals surface area contributed by atoms with Crippen LogP contribution in [0.2, 0.25) is 0 Å². The van der Waals surface area contributed by atoms with E-state index in [4.69, 9.17) is 0 Å². The first-order valence-corrected chi connectivity index (χ1v) is 8.86. The number of hydrogen-bond acceptors (Lipinski definition) is 3. The van der Waals surface area contributed by atoms with E-state index in [2.05, 4.69) is 49.5 Å². The van der Waals surface area contributed by atoms with Gasteiger partial charge in [-0.25, -0.2) is 0 Å². The second-order valence-electron chi connectivity index (χ2n) is 7.29. The van der Waals surface area contributed by atoms with Crippen LogP contribution in [0, 0.1) is 16.0 Å². The lowest BCUT2D eigenvalue weighted by Gasteiger charge is -2.39. The molecule has 25 heavy (non-hydrogen) atoms. The van der Waals surface area contributed by atoms with Crippen molar-refractivity contribution in [1.82, 2.24) is 0 Å². The Morgan fingerprint density at radius 2 is 2.00 bits per heavy atom. The smallest absolute Gasteiger partial charge is 0.269 e. The maximum atomic E-state index is 11.2. The molecule has 0 amide bonds. The molecule has 0 saturated carbocycles. The van der Waals surface area contributed by atoms with Gasteiger partial charge in [-0.05, 0) is 34.9 Å². The van der Waals surface area contributed by atoms with E-state index in [-0.39, 0.29) is 16.7 Å². The quantitative estimate of drug-likeness (QED) is 0.455. The van der Waals surface area contributed by atoms with Gasteiger partial charge in [0.15, 0.2) is 0 Å². The molecule has 1 aliphatic heterocycles. The Kier molecular flexibility index (Phi) is 3.83. The zero-order valence-corrected chi connectivity index (χ0v) is 14.5. The van der Waals surface area contributed by atoms with E-state index < -0.39 is 0 Å². The minimum absolute atomic E-state index is 0.0901. The van der Waals surface area contributed by atoms with Gasteiger partial charge in [-0.3, -0.25) is 10.1 Å². The van der Waals surface area contributed by atoms with Crippen LogP contribution in [0.1, 0.15) is 54.8 Å². The standard InChI is InChI=1S/C21H22N2O2/c1-13(2)16-8-4-11-19-17-9-5-10-18(17)20(22-21(16)19)14-6-3-7-15(12-14)23(24)25/h3-9,11-13,17-18,20,22H,10H2,1-2H3/t17-,18+,20+/m0/s1. The Bertz CT molecular complexity index is 857. The maximum absolute atomic E-state index is 11.2. The molecular weight excluding hydrogens is 312 g/mol. The summed E-state index contributed by atoms with van der Waals surface area (Å²) >= 11 is 0. The van der Waals surface area contributed by atoms with Crippen molar-refractivity contribution in [3.05, 3.63) is 81.4 Å². The minimum Gasteiger partial charge on any atom is -0.377 e. The average molecular weight is 334 g/mol. The summed E-state index contributed by atoms with van der Waals surface area (Å²) in [6, 6.07) is 13.7. The summed E-state index contributed by atoms with van der Waals surface area (Å²) in [5.41, 5.74) is 5.03. The van der Waals surface area contributed by atoms with Crippen LogP contribution in [0.25, 0.3) is 0 Å². The first kappa shape index (κ1) is 15.9. The third kappa shape index (κ3) is 2.62. The predicted molar refractivity (Wildman–Crippen MR) is 100.0 cm³/mol. The highest BCUT2D eigenvalue weighted by Gasteiger charge is 2.39. The van der Waals surface area contributed by atoms with E-state index in [1.54, 1.807) is 18.2 Å². The second-order valence-corrected chi connectivity index (χ2v) is 7.29. The monoisotopic (exact) mass is 334 g/mol. The molecule has 1 N–H and O–H groups in total. The predicted octanol–water partition coefficient (Wildman–Crippen LogP) is 5.54. The lowest BCUT2D eigenvalue weighted by molar-refractivity contribution is -0.384. The highest BCUT2D eigenvalue weighted by Crippen LogP contribution is 2.51. The molecule has 1 heterocycles. The van der Waals surface area contributed by atoms with Crippen molar-refractivity contribution in [3.63, 3.8) is 0 Å². The highest BCUT2D eigenvalue weighted by molar-refractivity contribution is 5.65. The summed E-state index contributed by atoms with van der Waals surface area (Å²) in [6.45, 7) is 4.41. The van der Waals surface area contributed by atoms with Gasteiger partial charge in [0.25, 0.3) is 5.69 Å². The highest BCUT2D eigenvalue weighted by atomic mass is 16.6. The molecule has 0 aromatic heterocycles. The Morgan fingerprint density at radius 1 is 1.20 bits per heavy atom. The summed E-state index contributed by atoms with van der Waals surface area (Å²) in [5, 5.41) is 14.9. The van der Waals surface area contributed by atoms with E-state index in [0.717, 1.165) is 12.0 Å². The molecule has 2 aliphatic rings. The Morgan fingerprint density at radius 3 is 2.76 bits per heavy atom. The van der Waals surface area contributed by atoms with Crippen molar-refractivity contribution in [3.8, 4) is 0 Å². The van der Waals surface area contributed by atoms with Gasteiger partial charge in [-0.2, -0.15) is 0 Å². The van der Waals surface area contributed by atoms with Crippen molar-refractivity contribution in [2.45, 2.75) is 38.1 Å². The van der Waals surface area contributed by atoms with Crippen LogP contribution in [-0.2, 0) is 0 Å². The zero-order valence-electron chi connectivity index (χ0n) is 14.5. The SMILES string of the molecule is CC(C)c1cccc2c1N[C@H](c1cccc([N+](=O)[O-])c1)[C@@H]1CC=C[C@H]21. The van der Waals surface area contributed by atoms with Gasteiger partial charge in [0, 0.05) is 23.7 Å². The lowest BCUT2D eigenvalue weighted by atomic mass is 9.75. The van der Waals surface area contributed by atoms with E-state index in [1.165, 1.54) is 16.8 Å². The van der Waals surface area contributed by atoms with Gasteiger partial charge in [0.1, 0.15) is 0 Å². The molecular formula is C21H22N2O2. The topological polar surface area (TPSA) is 55.2 Å². The van der Waals surface area contributed by atoms with Crippen molar-refractivity contribution < 1.29 is 4.92 Å². The molecule has 0 radical (unpaired) electrons. The van der Waals surface area contributed by atoms with Crippen LogP contribution in [0.15, 0.2) is 54.6 Å². The number of non-ortho nitro benzene ring substituents is 1. The lowest BCUT2D eigenvalue weighted by Crippen LogP contribution is -2.30. The summed E-state index contributed by atoms with van der Waals surface area (Å²) in [4.78, 5) is 10.9. The summed E-state index contributed by atoms with van der Waals surface area (Å²) in [7, 11) is 0. The molecule has 4 heteroatoms. The number of nitrogens with one attached hydrogen (secondary N) is 1. The Balaban J connectivity index is 1.81.